The van der Waals surface area contributed by atoms with Crippen LogP contribution in [-0.2, 0) is 4.79 Å². The number of benzene rings is 1. The van der Waals surface area contributed by atoms with Gasteiger partial charge in [-0.1, -0.05) is 35.9 Å². The summed E-state index contributed by atoms with van der Waals surface area (Å²) in [5, 5.41) is 7.20. The topological polar surface area (TPSA) is 75.1 Å². The Labute approximate surface area is 189 Å². The van der Waals surface area contributed by atoms with E-state index in [1.807, 2.05) is 62.4 Å². The molecule has 164 valence electrons. The Kier molecular flexibility index (Phi) is 9.78. The molecule has 0 atom stereocenters. The number of halogens is 1. The van der Waals surface area contributed by atoms with Crippen molar-refractivity contribution in [3.05, 3.63) is 70.9 Å². The van der Waals surface area contributed by atoms with Crippen LogP contribution in [0.1, 0.15) is 27.2 Å². The van der Waals surface area contributed by atoms with Gasteiger partial charge < -0.3 is 15.4 Å². The van der Waals surface area contributed by atoms with Crippen LogP contribution in [0.5, 0.6) is 5.75 Å². The number of para-hydroxylation sites is 2. The van der Waals surface area contributed by atoms with Crippen LogP contribution in [0.2, 0.25) is 0 Å². The van der Waals surface area contributed by atoms with Crippen molar-refractivity contribution in [2.45, 2.75) is 27.2 Å². The van der Waals surface area contributed by atoms with Gasteiger partial charge in [-0.3, -0.25) is 9.79 Å². The minimum Gasteiger partial charge on any atom is -0.492 e. The van der Waals surface area contributed by atoms with Crippen molar-refractivity contribution in [1.82, 2.24) is 5.32 Å². The maximum atomic E-state index is 11.7. The van der Waals surface area contributed by atoms with E-state index in [1.165, 1.54) is 6.92 Å². The van der Waals surface area contributed by atoms with Crippen molar-refractivity contribution >= 4 is 34.7 Å². The van der Waals surface area contributed by atoms with E-state index in [0.29, 0.717) is 42.0 Å². The lowest BCUT2D eigenvalue weighted by Gasteiger charge is -2.15. The fourth-order valence-corrected chi connectivity index (χ4v) is 3.07. The number of nitrogens with one attached hydrogen (secondary N) is 2. The van der Waals surface area contributed by atoms with Crippen molar-refractivity contribution in [2.75, 3.05) is 25.5 Å². The van der Waals surface area contributed by atoms with Gasteiger partial charge in [0.05, 0.1) is 18.8 Å². The highest BCUT2D eigenvalue weighted by Gasteiger charge is 2.09. The van der Waals surface area contributed by atoms with E-state index < -0.39 is 0 Å². The second-order valence-electron chi connectivity index (χ2n) is 6.78. The van der Waals surface area contributed by atoms with Gasteiger partial charge in [-0.25, -0.2) is 4.99 Å². The Balaban J connectivity index is 2.15. The molecule has 0 spiro atoms. The highest BCUT2D eigenvalue weighted by molar-refractivity contribution is 6.31. The van der Waals surface area contributed by atoms with E-state index in [9.17, 15) is 4.79 Å². The van der Waals surface area contributed by atoms with Gasteiger partial charge in [0.25, 0.3) is 0 Å². The van der Waals surface area contributed by atoms with Crippen molar-refractivity contribution in [1.29, 1.82) is 0 Å². The fraction of sp³-hybridized carbons (Fsp3) is 0.292. The van der Waals surface area contributed by atoms with Crippen LogP contribution in [0.15, 0.2) is 80.9 Å². The molecule has 1 aliphatic carbocycles. The first-order valence-electron chi connectivity index (χ1n) is 10.1. The van der Waals surface area contributed by atoms with Crippen LogP contribution in [-0.4, -0.2) is 37.7 Å². The van der Waals surface area contributed by atoms with Gasteiger partial charge in [0.2, 0.25) is 0 Å². The standard InChI is InChI=1S/C24H29ClN4O2/c1-5-31-23-12-7-6-11-22(23)27-16-21(15-17(2)30)28-18(3)29-24(26-4)19-9-8-10-20(25)14-13-19/h6-8,10-15,27H,5,9,16H2,1-4H3,(H,26,28,29)/b21-15-. The largest absolute Gasteiger partial charge is 0.492 e. The lowest BCUT2D eigenvalue weighted by atomic mass is 10.1. The minimum absolute atomic E-state index is 0.0593. The molecular formula is C24H29ClN4O2. The Morgan fingerprint density at radius 2 is 2.03 bits per heavy atom. The molecule has 0 saturated carbocycles. The summed E-state index contributed by atoms with van der Waals surface area (Å²) < 4.78 is 5.65. The Morgan fingerprint density at radius 3 is 2.74 bits per heavy atom. The van der Waals surface area contributed by atoms with E-state index >= 15 is 0 Å². The molecule has 1 aromatic rings. The number of aliphatic imine (C=N–C) groups is 2. The molecule has 0 aromatic heterocycles. The monoisotopic (exact) mass is 440 g/mol. The van der Waals surface area contributed by atoms with Gasteiger partial charge in [-0.2, -0.15) is 0 Å². The number of anilines is 1. The number of rotatable bonds is 8. The lowest BCUT2D eigenvalue weighted by Crippen LogP contribution is -2.26. The third kappa shape index (κ3) is 8.26. The zero-order valence-electron chi connectivity index (χ0n) is 18.4. The molecule has 2 rings (SSSR count). The van der Waals surface area contributed by atoms with Crippen LogP contribution < -0.4 is 15.4 Å². The Bertz CT molecular complexity index is 972. The van der Waals surface area contributed by atoms with Crippen LogP contribution in [0.3, 0.4) is 0 Å². The molecule has 1 aromatic carbocycles. The SMILES string of the molecule is CCOc1ccccc1NC/C(=C/C(C)=O)NC(C)=NC(=NC)C1=CC=C(Cl)C=CC1. The summed E-state index contributed by atoms with van der Waals surface area (Å²) in [5.41, 5.74) is 2.50. The number of hydrogen-bond donors (Lipinski definition) is 2. The van der Waals surface area contributed by atoms with Crippen LogP contribution in [0.25, 0.3) is 0 Å². The molecule has 0 heterocycles. The van der Waals surface area contributed by atoms with Gasteiger partial charge in [0, 0.05) is 29.4 Å². The molecule has 0 fully saturated rings. The van der Waals surface area contributed by atoms with E-state index in [0.717, 1.165) is 17.0 Å². The van der Waals surface area contributed by atoms with E-state index in [2.05, 4.69) is 20.6 Å². The zero-order valence-corrected chi connectivity index (χ0v) is 19.2. The molecule has 0 aliphatic heterocycles. The molecule has 0 saturated heterocycles. The average Bonchev–Trinajstić information content (AvgIpc) is 2.95. The Hall–Kier alpha value is -3.12. The maximum Gasteiger partial charge on any atom is 0.154 e. The number of carbonyl (C=O) groups is 1. The number of ether oxygens (including phenoxy) is 1. The first-order chi connectivity index (χ1) is 14.9. The molecular weight excluding hydrogens is 412 g/mol. The van der Waals surface area contributed by atoms with E-state index in [1.54, 1.807) is 13.1 Å². The van der Waals surface area contributed by atoms with Crippen molar-refractivity contribution in [2.24, 2.45) is 9.98 Å². The third-order valence-corrected chi connectivity index (χ3v) is 4.46. The summed E-state index contributed by atoms with van der Waals surface area (Å²) in [5.74, 6) is 1.93. The lowest BCUT2D eigenvalue weighted by molar-refractivity contribution is -0.112. The first-order valence-corrected chi connectivity index (χ1v) is 10.5. The molecule has 2 N–H and O–H groups in total. The molecule has 0 bridgehead atoms. The number of carbonyl (C=O) groups excluding carboxylic acids is 1. The van der Waals surface area contributed by atoms with Gasteiger partial charge >= 0.3 is 0 Å². The first kappa shape index (κ1) is 24.2. The predicted octanol–water partition coefficient (Wildman–Crippen LogP) is 5.02. The number of hydrogen-bond acceptors (Lipinski definition) is 4. The molecule has 0 radical (unpaired) electrons. The number of ketones is 1. The molecule has 31 heavy (non-hydrogen) atoms. The molecule has 7 heteroatoms. The second-order valence-corrected chi connectivity index (χ2v) is 7.22. The van der Waals surface area contributed by atoms with Crippen LogP contribution in [0.4, 0.5) is 5.69 Å². The van der Waals surface area contributed by atoms with E-state index in [-0.39, 0.29) is 5.78 Å². The van der Waals surface area contributed by atoms with Gasteiger partial charge in [0.15, 0.2) is 11.6 Å². The summed E-state index contributed by atoms with van der Waals surface area (Å²) in [6.07, 6.45) is 9.80. The number of nitrogens with zero attached hydrogens (tertiary/aromatic N) is 2. The minimum atomic E-state index is -0.0593. The molecule has 6 nitrogen and oxygen atoms in total. The molecule has 0 unspecified atom stereocenters. The van der Waals surface area contributed by atoms with Gasteiger partial charge in [-0.05, 0) is 51.5 Å². The zero-order chi connectivity index (χ0) is 22.6. The smallest absolute Gasteiger partial charge is 0.154 e. The third-order valence-electron chi connectivity index (χ3n) is 4.21. The fourth-order valence-electron chi connectivity index (χ4n) is 2.91. The summed E-state index contributed by atoms with van der Waals surface area (Å²) in [6, 6.07) is 7.69. The summed E-state index contributed by atoms with van der Waals surface area (Å²) in [4.78, 5) is 20.7. The highest BCUT2D eigenvalue weighted by Crippen LogP contribution is 2.23. The summed E-state index contributed by atoms with van der Waals surface area (Å²) >= 11 is 6.06. The predicted molar refractivity (Wildman–Crippen MR) is 130 cm³/mol. The van der Waals surface area contributed by atoms with Crippen molar-refractivity contribution in [3.8, 4) is 5.75 Å². The van der Waals surface area contributed by atoms with Crippen LogP contribution >= 0.6 is 11.6 Å². The average molecular weight is 441 g/mol. The van der Waals surface area contributed by atoms with Crippen molar-refractivity contribution in [3.63, 3.8) is 0 Å². The van der Waals surface area contributed by atoms with Crippen molar-refractivity contribution < 1.29 is 9.53 Å². The quantitative estimate of drug-likeness (QED) is 0.338. The van der Waals surface area contributed by atoms with Crippen LogP contribution in [0, 0.1) is 0 Å². The highest BCUT2D eigenvalue weighted by atomic mass is 35.5. The number of amidine groups is 2. The van der Waals surface area contributed by atoms with Gasteiger partial charge in [0.1, 0.15) is 11.6 Å². The normalized spacial score (nSPS) is 15.1. The summed E-state index contributed by atoms with van der Waals surface area (Å²) in [7, 11) is 1.70. The Morgan fingerprint density at radius 1 is 1.26 bits per heavy atom. The number of allylic oxidation sites excluding steroid dienone is 6. The second kappa shape index (κ2) is 12.5. The summed E-state index contributed by atoms with van der Waals surface area (Å²) in [6.45, 7) is 6.26. The van der Waals surface area contributed by atoms with Gasteiger partial charge in [-0.15, -0.1) is 0 Å². The molecule has 0 amide bonds. The van der Waals surface area contributed by atoms with E-state index in [4.69, 9.17) is 16.3 Å². The maximum absolute atomic E-state index is 11.7. The molecule has 1 aliphatic rings.